The summed E-state index contributed by atoms with van der Waals surface area (Å²) in [6, 6.07) is 9.83. The number of halogens is 1. The molecule has 0 saturated heterocycles. The van der Waals surface area contributed by atoms with Crippen LogP contribution in [0.5, 0.6) is 0 Å². The molecular formula is C12H12BrN3. The third kappa shape index (κ3) is 2.00. The highest BCUT2D eigenvalue weighted by Gasteiger charge is 2.12. The summed E-state index contributed by atoms with van der Waals surface area (Å²) in [5.41, 5.74) is 4.45. The molecule has 0 aliphatic heterocycles. The molecule has 0 spiro atoms. The summed E-state index contributed by atoms with van der Waals surface area (Å²) in [7, 11) is 0. The number of fused-ring (bicyclic) bond motifs is 1. The van der Waals surface area contributed by atoms with Crippen molar-refractivity contribution in [2.24, 2.45) is 5.84 Å². The molecule has 3 nitrogen and oxygen atoms in total. The molecule has 82 valence electrons. The summed E-state index contributed by atoms with van der Waals surface area (Å²) >= 11 is 3.49. The molecule has 3 N–H and O–H groups in total. The molecule has 0 aliphatic carbocycles. The number of aromatic nitrogens is 1. The summed E-state index contributed by atoms with van der Waals surface area (Å²) < 4.78 is 0.925. The van der Waals surface area contributed by atoms with Gasteiger partial charge >= 0.3 is 0 Å². The van der Waals surface area contributed by atoms with Crippen molar-refractivity contribution in [1.82, 2.24) is 10.4 Å². The van der Waals surface area contributed by atoms with Gasteiger partial charge in [0.1, 0.15) is 0 Å². The first kappa shape index (κ1) is 11.3. The van der Waals surface area contributed by atoms with E-state index in [1.54, 1.807) is 6.08 Å². The lowest BCUT2D eigenvalue weighted by Crippen LogP contribution is -2.27. The Morgan fingerprint density at radius 3 is 2.88 bits per heavy atom. The van der Waals surface area contributed by atoms with E-state index >= 15 is 0 Å². The highest BCUT2D eigenvalue weighted by atomic mass is 79.9. The van der Waals surface area contributed by atoms with Gasteiger partial charge in [-0.15, -0.1) is 6.58 Å². The number of nitrogens with one attached hydrogen (secondary N) is 1. The zero-order chi connectivity index (χ0) is 11.5. The number of hydrazine groups is 1. The van der Waals surface area contributed by atoms with Crippen molar-refractivity contribution in [3.05, 3.63) is 53.2 Å². The van der Waals surface area contributed by atoms with E-state index in [0.29, 0.717) is 0 Å². The van der Waals surface area contributed by atoms with Crippen molar-refractivity contribution in [2.75, 3.05) is 0 Å². The van der Waals surface area contributed by atoms with Crippen molar-refractivity contribution in [1.29, 1.82) is 0 Å². The van der Waals surface area contributed by atoms with Gasteiger partial charge in [0.15, 0.2) is 0 Å². The standard InChI is InChI=1S/C12H12BrN3/c1-2-10(16-14)12-9(13)7-8-5-3-4-6-11(8)15-12/h2-7,10,16H,1,14H2. The van der Waals surface area contributed by atoms with Crippen molar-refractivity contribution in [3.63, 3.8) is 0 Å². The molecule has 1 atom stereocenters. The van der Waals surface area contributed by atoms with Gasteiger partial charge in [-0.3, -0.25) is 5.84 Å². The predicted octanol–water partition coefficient (Wildman–Crippen LogP) is 2.69. The van der Waals surface area contributed by atoms with Crippen LogP contribution in [0.4, 0.5) is 0 Å². The van der Waals surface area contributed by atoms with Gasteiger partial charge in [-0.25, -0.2) is 10.4 Å². The fraction of sp³-hybridized carbons (Fsp3) is 0.0833. The number of para-hydroxylation sites is 1. The van der Waals surface area contributed by atoms with E-state index in [4.69, 9.17) is 5.84 Å². The van der Waals surface area contributed by atoms with Gasteiger partial charge in [0.05, 0.1) is 17.3 Å². The SMILES string of the molecule is C=CC(NN)c1nc2ccccc2cc1Br. The third-order valence-corrected chi connectivity index (χ3v) is 3.05. The van der Waals surface area contributed by atoms with Gasteiger partial charge in [-0.05, 0) is 28.1 Å². The number of nitrogens with two attached hydrogens (primary N) is 1. The van der Waals surface area contributed by atoms with Crippen LogP contribution in [-0.2, 0) is 0 Å². The predicted molar refractivity (Wildman–Crippen MR) is 69.7 cm³/mol. The van der Waals surface area contributed by atoms with E-state index in [0.717, 1.165) is 21.1 Å². The minimum atomic E-state index is -0.154. The summed E-state index contributed by atoms with van der Waals surface area (Å²) in [5, 5.41) is 1.10. The van der Waals surface area contributed by atoms with Gasteiger partial charge < -0.3 is 0 Å². The van der Waals surface area contributed by atoms with E-state index in [1.165, 1.54) is 0 Å². The van der Waals surface area contributed by atoms with E-state index in [2.05, 4.69) is 32.9 Å². The lowest BCUT2D eigenvalue weighted by Gasteiger charge is -2.13. The fourth-order valence-corrected chi connectivity index (χ4v) is 2.16. The van der Waals surface area contributed by atoms with E-state index < -0.39 is 0 Å². The minimum Gasteiger partial charge on any atom is -0.271 e. The number of benzene rings is 1. The average molecular weight is 278 g/mol. The Bertz CT molecular complexity index is 525. The summed E-state index contributed by atoms with van der Waals surface area (Å²) in [5.74, 6) is 5.45. The van der Waals surface area contributed by atoms with Crippen LogP contribution >= 0.6 is 15.9 Å². The number of hydrogen-bond donors (Lipinski definition) is 2. The number of pyridine rings is 1. The first-order valence-corrected chi connectivity index (χ1v) is 5.69. The van der Waals surface area contributed by atoms with Crippen molar-refractivity contribution in [2.45, 2.75) is 6.04 Å². The molecule has 0 aliphatic rings. The molecule has 0 amide bonds. The first-order valence-electron chi connectivity index (χ1n) is 4.90. The largest absolute Gasteiger partial charge is 0.271 e. The van der Waals surface area contributed by atoms with E-state index in [1.807, 2.05) is 30.3 Å². The number of hydrogen-bond acceptors (Lipinski definition) is 3. The summed E-state index contributed by atoms with van der Waals surface area (Å²) in [6.07, 6.45) is 1.72. The van der Waals surface area contributed by atoms with Crippen LogP contribution in [0.3, 0.4) is 0 Å². The smallest absolute Gasteiger partial charge is 0.0821 e. The molecule has 0 radical (unpaired) electrons. The Hall–Kier alpha value is -1.23. The maximum absolute atomic E-state index is 5.45. The molecule has 0 fully saturated rings. The molecule has 1 unspecified atom stereocenters. The summed E-state index contributed by atoms with van der Waals surface area (Å²) in [6.45, 7) is 3.73. The lowest BCUT2D eigenvalue weighted by molar-refractivity contribution is 0.639. The Morgan fingerprint density at radius 1 is 1.44 bits per heavy atom. The van der Waals surface area contributed by atoms with Crippen molar-refractivity contribution < 1.29 is 0 Å². The first-order chi connectivity index (χ1) is 7.76. The normalized spacial score (nSPS) is 12.6. The van der Waals surface area contributed by atoms with Crippen LogP contribution < -0.4 is 11.3 Å². The molecule has 0 saturated carbocycles. The zero-order valence-electron chi connectivity index (χ0n) is 8.65. The van der Waals surface area contributed by atoms with Gasteiger partial charge in [-0.2, -0.15) is 0 Å². The van der Waals surface area contributed by atoms with Crippen LogP contribution in [-0.4, -0.2) is 4.98 Å². The molecule has 16 heavy (non-hydrogen) atoms. The molecule has 0 bridgehead atoms. The second-order valence-corrected chi connectivity index (χ2v) is 4.28. The van der Waals surface area contributed by atoms with Crippen LogP contribution in [0.25, 0.3) is 10.9 Å². The molecule has 2 rings (SSSR count). The monoisotopic (exact) mass is 277 g/mol. The number of nitrogens with zero attached hydrogens (tertiary/aromatic N) is 1. The minimum absolute atomic E-state index is 0.154. The Kier molecular flexibility index (Phi) is 3.33. The van der Waals surface area contributed by atoms with E-state index in [-0.39, 0.29) is 6.04 Å². The van der Waals surface area contributed by atoms with Gasteiger partial charge in [0.2, 0.25) is 0 Å². The van der Waals surface area contributed by atoms with Crippen LogP contribution in [0.2, 0.25) is 0 Å². The topological polar surface area (TPSA) is 50.9 Å². The van der Waals surface area contributed by atoms with Crippen molar-refractivity contribution >= 4 is 26.8 Å². The van der Waals surface area contributed by atoms with Crippen LogP contribution in [0.1, 0.15) is 11.7 Å². The maximum atomic E-state index is 5.45. The van der Waals surface area contributed by atoms with E-state index in [9.17, 15) is 0 Å². The highest BCUT2D eigenvalue weighted by Crippen LogP contribution is 2.25. The Balaban J connectivity index is 2.61. The van der Waals surface area contributed by atoms with Crippen LogP contribution in [0.15, 0.2) is 47.5 Å². The third-order valence-electron chi connectivity index (χ3n) is 2.41. The molecule has 1 aromatic carbocycles. The van der Waals surface area contributed by atoms with Gasteiger partial charge in [0, 0.05) is 9.86 Å². The molecule has 1 heterocycles. The Labute approximate surface area is 102 Å². The molecular weight excluding hydrogens is 266 g/mol. The quantitative estimate of drug-likeness (QED) is 0.515. The number of rotatable bonds is 3. The molecule has 4 heteroatoms. The summed E-state index contributed by atoms with van der Waals surface area (Å²) in [4.78, 5) is 4.56. The molecule has 2 aromatic rings. The fourth-order valence-electron chi connectivity index (χ4n) is 1.58. The van der Waals surface area contributed by atoms with Gasteiger partial charge in [-0.1, -0.05) is 24.3 Å². The van der Waals surface area contributed by atoms with Crippen molar-refractivity contribution in [3.8, 4) is 0 Å². The maximum Gasteiger partial charge on any atom is 0.0821 e. The highest BCUT2D eigenvalue weighted by molar-refractivity contribution is 9.10. The molecule has 1 aromatic heterocycles. The van der Waals surface area contributed by atoms with Gasteiger partial charge in [0.25, 0.3) is 0 Å². The zero-order valence-corrected chi connectivity index (χ0v) is 10.2. The average Bonchev–Trinajstić information content (AvgIpc) is 2.31. The lowest BCUT2D eigenvalue weighted by atomic mass is 10.1. The second kappa shape index (κ2) is 4.74. The second-order valence-electron chi connectivity index (χ2n) is 3.43. The van der Waals surface area contributed by atoms with Crippen LogP contribution in [0, 0.1) is 0 Å². The Morgan fingerprint density at radius 2 is 2.19 bits per heavy atom.